The van der Waals surface area contributed by atoms with Gasteiger partial charge in [-0.3, -0.25) is 9.69 Å². The molecule has 4 nitrogen and oxygen atoms in total. The van der Waals surface area contributed by atoms with Crippen molar-refractivity contribution in [2.24, 2.45) is 5.73 Å². The van der Waals surface area contributed by atoms with Gasteiger partial charge in [-0.2, -0.15) is 0 Å². The van der Waals surface area contributed by atoms with Crippen LogP contribution in [-0.4, -0.2) is 41.4 Å². The van der Waals surface area contributed by atoms with Gasteiger partial charge in [-0.15, -0.1) is 0 Å². The molecule has 0 bridgehead atoms. The van der Waals surface area contributed by atoms with Crippen molar-refractivity contribution < 1.29 is 4.79 Å². The molecule has 2 N–H and O–H groups in total. The molecule has 1 aliphatic heterocycles. The van der Waals surface area contributed by atoms with Crippen molar-refractivity contribution in [3.05, 3.63) is 71.8 Å². The third-order valence-electron chi connectivity index (χ3n) is 4.24. The molecule has 0 saturated carbocycles. The van der Waals surface area contributed by atoms with Gasteiger partial charge in [0.2, 0.25) is 5.91 Å². The topological polar surface area (TPSA) is 49.6 Å². The molecule has 1 saturated heterocycles. The van der Waals surface area contributed by atoms with Crippen LogP contribution in [0.1, 0.15) is 11.1 Å². The number of nitrogens with two attached hydrogens (primary N) is 1. The molecule has 0 unspecified atom stereocenters. The number of hydrogen-bond donors (Lipinski definition) is 1. The Hall–Kier alpha value is -2.17. The number of benzene rings is 2. The zero-order valence-corrected chi connectivity index (χ0v) is 13.3. The van der Waals surface area contributed by atoms with E-state index in [2.05, 4.69) is 17.0 Å². The first-order chi connectivity index (χ1) is 11.2. The number of carbonyl (C=O) groups is 1. The van der Waals surface area contributed by atoms with Crippen molar-refractivity contribution in [3.8, 4) is 0 Å². The van der Waals surface area contributed by atoms with Crippen molar-refractivity contribution in [3.63, 3.8) is 0 Å². The predicted octanol–water partition coefficient (Wildman–Crippen LogP) is 1.86. The highest BCUT2D eigenvalue weighted by atomic mass is 16.2. The minimum atomic E-state index is -0.454. The minimum Gasteiger partial charge on any atom is -0.336 e. The molecule has 23 heavy (non-hydrogen) atoms. The van der Waals surface area contributed by atoms with E-state index in [1.165, 1.54) is 5.56 Å². The van der Waals surface area contributed by atoms with E-state index in [0.29, 0.717) is 19.6 Å². The number of nitrogens with zero attached hydrogens (tertiary/aromatic N) is 2. The average Bonchev–Trinajstić information content (AvgIpc) is 2.71. The van der Waals surface area contributed by atoms with Crippen LogP contribution in [0.2, 0.25) is 0 Å². The van der Waals surface area contributed by atoms with Crippen LogP contribution in [0, 0.1) is 0 Å². The highest BCUT2D eigenvalue weighted by molar-refractivity contribution is 5.82. The van der Waals surface area contributed by atoms with E-state index in [4.69, 9.17) is 5.73 Å². The van der Waals surface area contributed by atoms with E-state index in [-0.39, 0.29) is 5.91 Å². The third-order valence-corrected chi connectivity index (χ3v) is 4.24. The summed E-state index contributed by atoms with van der Waals surface area (Å²) in [6.45, 7) is 3.64. The first-order valence-electron chi connectivity index (χ1n) is 8.07. The Morgan fingerprint density at radius 2 is 1.43 bits per heavy atom. The molecule has 0 radical (unpaired) electrons. The molecule has 4 heteroatoms. The molecule has 1 aliphatic rings. The average molecular weight is 309 g/mol. The van der Waals surface area contributed by atoms with Gasteiger partial charge in [-0.25, -0.2) is 0 Å². The van der Waals surface area contributed by atoms with Crippen molar-refractivity contribution in [2.45, 2.75) is 19.1 Å². The lowest BCUT2D eigenvalue weighted by Crippen LogP contribution is -2.45. The summed E-state index contributed by atoms with van der Waals surface area (Å²) in [5.41, 5.74) is 8.53. The summed E-state index contributed by atoms with van der Waals surface area (Å²) in [5.74, 6) is 0.0458. The molecular weight excluding hydrogens is 286 g/mol. The second-order valence-electron chi connectivity index (χ2n) is 6.07. The van der Waals surface area contributed by atoms with E-state index in [1.807, 2.05) is 53.4 Å². The van der Waals surface area contributed by atoms with Crippen LogP contribution in [0.3, 0.4) is 0 Å². The summed E-state index contributed by atoms with van der Waals surface area (Å²) in [6, 6.07) is 19.9. The molecule has 2 aromatic rings. The van der Waals surface area contributed by atoms with Crippen LogP contribution < -0.4 is 5.73 Å². The highest BCUT2D eigenvalue weighted by Crippen LogP contribution is 2.12. The number of carbonyl (C=O) groups excluding carboxylic acids is 1. The van der Waals surface area contributed by atoms with E-state index in [0.717, 1.165) is 18.7 Å². The lowest BCUT2D eigenvalue weighted by atomic mass is 10.2. The van der Waals surface area contributed by atoms with Gasteiger partial charge >= 0.3 is 0 Å². The maximum Gasteiger partial charge on any atom is 0.241 e. The van der Waals surface area contributed by atoms with Gasteiger partial charge in [-0.1, -0.05) is 60.7 Å². The zero-order chi connectivity index (χ0) is 16.1. The van der Waals surface area contributed by atoms with E-state index < -0.39 is 6.04 Å². The quantitative estimate of drug-likeness (QED) is 0.938. The molecule has 0 spiro atoms. The first kappa shape index (κ1) is 15.7. The van der Waals surface area contributed by atoms with Gasteiger partial charge in [0, 0.05) is 32.7 Å². The van der Waals surface area contributed by atoms with Crippen molar-refractivity contribution in [1.29, 1.82) is 0 Å². The standard InChI is InChI=1S/C19H23N3O/c20-18-15-21(13-16-7-3-1-4-8-16)11-12-22(19(18)23)14-17-9-5-2-6-10-17/h1-10,18H,11-15,20H2/t18-/m0/s1. The lowest BCUT2D eigenvalue weighted by Gasteiger charge is -2.22. The minimum absolute atomic E-state index is 0.0458. The summed E-state index contributed by atoms with van der Waals surface area (Å²) in [7, 11) is 0. The van der Waals surface area contributed by atoms with Crippen LogP contribution in [0.5, 0.6) is 0 Å². The maximum atomic E-state index is 12.5. The van der Waals surface area contributed by atoms with Crippen LogP contribution in [0.25, 0.3) is 0 Å². The molecule has 0 aliphatic carbocycles. The van der Waals surface area contributed by atoms with Crippen LogP contribution in [0.4, 0.5) is 0 Å². The van der Waals surface area contributed by atoms with Crippen LogP contribution >= 0.6 is 0 Å². The molecule has 1 atom stereocenters. The third kappa shape index (κ3) is 4.18. The van der Waals surface area contributed by atoms with Gasteiger partial charge in [0.05, 0.1) is 6.04 Å². The fourth-order valence-corrected chi connectivity index (χ4v) is 3.00. The summed E-state index contributed by atoms with van der Waals surface area (Å²) in [4.78, 5) is 16.7. The highest BCUT2D eigenvalue weighted by Gasteiger charge is 2.27. The summed E-state index contributed by atoms with van der Waals surface area (Å²) in [6.07, 6.45) is 0. The van der Waals surface area contributed by atoms with E-state index >= 15 is 0 Å². The second-order valence-corrected chi connectivity index (χ2v) is 6.07. The van der Waals surface area contributed by atoms with Crippen molar-refractivity contribution in [2.75, 3.05) is 19.6 Å². The van der Waals surface area contributed by atoms with Crippen LogP contribution in [-0.2, 0) is 17.9 Å². The Balaban J connectivity index is 1.66. The molecule has 0 aromatic heterocycles. The summed E-state index contributed by atoms with van der Waals surface area (Å²) < 4.78 is 0. The molecular formula is C19H23N3O. The zero-order valence-electron chi connectivity index (χ0n) is 13.3. The Morgan fingerprint density at radius 3 is 2.04 bits per heavy atom. The number of rotatable bonds is 4. The van der Waals surface area contributed by atoms with E-state index in [1.54, 1.807) is 0 Å². The van der Waals surface area contributed by atoms with Crippen molar-refractivity contribution in [1.82, 2.24) is 9.80 Å². The maximum absolute atomic E-state index is 12.5. The van der Waals surface area contributed by atoms with Gasteiger partial charge < -0.3 is 10.6 Å². The normalized spacial score (nSPS) is 19.6. The molecule has 2 aromatic carbocycles. The number of hydrogen-bond acceptors (Lipinski definition) is 3. The molecule has 120 valence electrons. The van der Waals surface area contributed by atoms with Gasteiger partial charge in [0.15, 0.2) is 0 Å². The predicted molar refractivity (Wildman–Crippen MR) is 91.6 cm³/mol. The fourth-order valence-electron chi connectivity index (χ4n) is 3.00. The Kier molecular flexibility index (Phi) is 5.05. The first-order valence-corrected chi connectivity index (χ1v) is 8.07. The second kappa shape index (κ2) is 7.40. The van der Waals surface area contributed by atoms with Gasteiger partial charge in [0.1, 0.15) is 0 Å². The molecule has 1 amide bonds. The molecule has 1 fully saturated rings. The SMILES string of the molecule is N[C@H]1CN(Cc2ccccc2)CCN(Cc2ccccc2)C1=O. The van der Waals surface area contributed by atoms with Gasteiger partial charge in [-0.05, 0) is 11.1 Å². The monoisotopic (exact) mass is 309 g/mol. The van der Waals surface area contributed by atoms with Crippen molar-refractivity contribution >= 4 is 5.91 Å². The Bertz CT molecular complexity index is 630. The Labute approximate surface area is 137 Å². The lowest BCUT2D eigenvalue weighted by molar-refractivity contribution is -0.132. The molecule has 3 rings (SSSR count). The van der Waals surface area contributed by atoms with Crippen LogP contribution in [0.15, 0.2) is 60.7 Å². The van der Waals surface area contributed by atoms with Gasteiger partial charge in [0.25, 0.3) is 0 Å². The molecule has 1 heterocycles. The largest absolute Gasteiger partial charge is 0.336 e. The Morgan fingerprint density at radius 1 is 0.870 bits per heavy atom. The smallest absolute Gasteiger partial charge is 0.241 e. The number of amides is 1. The van der Waals surface area contributed by atoms with E-state index in [9.17, 15) is 4.79 Å². The fraction of sp³-hybridized carbons (Fsp3) is 0.316. The summed E-state index contributed by atoms with van der Waals surface area (Å²) >= 11 is 0. The summed E-state index contributed by atoms with van der Waals surface area (Å²) in [5, 5.41) is 0.